The fourth-order valence-corrected chi connectivity index (χ4v) is 3.97. The maximum absolute atomic E-state index is 13.2. The highest BCUT2D eigenvalue weighted by Crippen LogP contribution is 2.40. The largest absolute Gasteiger partial charge is 0.473 e. The molecule has 0 radical (unpaired) electrons. The SMILES string of the molecule is O=c1oc2c3c(ccc2c2ccccc12)OCN(c1cc(C(F)(F)F)ccc1Cl)C3. The van der Waals surface area contributed by atoms with Gasteiger partial charge in [0.25, 0.3) is 0 Å². The van der Waals surface area contributed by atoms with Gasteiger partial charge in [0.2, 0.25) is 0 Å². The number of nitrogens with zero attached hydrogens (tertiary/aromatic N) is 1. The topological polar surface area (TPSA) is 42.7 Å². The number of rotatable bonds is 1. The minimum atomic E-state index is -4.49. The van der Waals surface area contributed by atoms with Crippen molar-refractivity contribution < 1.29 is 22.3 Å². The second-order valence-corrected chi connectivity index (χ2v) is 7.40. The first-order valence-corrected chi connectivity index (χ1v) is 9.42. The molecule has 4 nitrogen and oxygen atoms in total. The number of benzene rings is 3. The lowest BCUT2D eigenvalue weighted by molar-refractivity contribution is -0.137. The molecular formula is C22H13ClF3NO3. The molecule has 0 aliphatic carbocycles. The van der Waals surface area contributed by atoms with Crippen molar-refractivity contribution in [2.45, 2.75) is 12.7 Å². The van der Waals surface area contributed by atoms with Gasteiger partial charge < -0.3 is 14.1 Å². The molecule has 0 saturated carbocycles. The highest BCUT2D eigenvalue weighted by molar-refractivity contribution is 6.33. The molecule has 5 rings (SSSR count). The summed E-state index contributed by atoms with van der Waals surface area (Å²) in [6, 6.07) is 13.8. The molecule has 0 fully saturated rings. The normalized spacial score (nSPS) is 14.1. The lowest BCUT2D eigenvalue weighted by Gasteiger charge is -2.32. The zero-order valence-corrected chi connectivity index (χ0v) is 16.1. The molecular weight excluding hydrogens is 419 g/mol. The molecule has 0 bridgehead atoms. The molecule has 1 aliphatic heterocycles. The Bertz CT molecular complexity index is 1360. The smallest absolute Gasteiger partial charge is 0.416 e. The number of fused-ring (bicyclic) bond motifs is 5. The van der Waals surface area contributed by atoms with E-state index in [0.29, 0.717) is 22.3 Å². The van der Waals surface area contributed by atoms with Crippen LogP contribution in [-0.4, -0.2) is 6.73 Å². The summed E-state index contributed by atoms with van der Waals surface area (Å²) in [4.78, 5) is 14.0. The Morgan fingerprint density at radius 3 is 2.50 bits per heavy atom. The summed E-state index contributed by atoms with van der Waals surface area (Å²) in [5, 5.41) is 2.09. The quantitative estimate of drug-likeness (QED) is 0.275. The highest BCUT2D eigenvalue weighted by atomic mass is 35.5. The van der Waals surface area contributed by atoms with Gasteiger partial charge in [0.05, 0.1) is 33.8 Å². The van der Waals surface area contributed by atoms with Crippen molar-refractivity contribution in [2.24, 2.45) is 0 Å². The van der Waals surface area contributed by atoms with Crippen LogP contribution in [0.4, 0.5) is 18.9 Å². The van der Waals surface area contributed by atoms with E-state index in [-0.39, 0.29) is 24.0 Å². The number of halogens is 4. The monoisotopic (exact) mass is 431 g/mol. The van der Waals surface area contributed by atoms with Crippen LogP contribution in [0.1, 0.15) is 11.1 Å². The van der Waals surface area contributed by atoms with Crippen LogP contribution in [-0.2, 0) is 12.7 Å². The van der Waals surface area contributed by atoms with Gasteiger partial charge in [-0.15, -0.1) is 0 Å². The van der Waals surface area contributed by atoms with E-state index in [1.54, 1.807) is 23.1 Å². The summed E-state index contributed by atoms with van der Waals surface area (Å²) in [5.41, 5.74) is -0.166. The van der Waals surface area contributed by atoms with Crippen molar-refractivity contribution in [1.29, 1.82) is 0 Å². The lowest BCUT2D eigenvalue weighted by Crippen LogP contribution is -2.32. The maximum atomic E-state index is 13.2. The third kappa shape index (κ3) is 2.97. The second-order valence-electron chi connectivity index (χ2n) is 6.99. The summed E-state index contributed by atoms with van der Waals surface area (Å²) in [6.07, 6.45) is -4.49. The number of hydrogen-bond donors (Lipinski definition) is 0. The third-order valence-electron chi connectivity index (χ3n) is 5.19. The van der Waals surface area contributed by atoms with E-state index in [0.717, 1.165) is 22.9 Å². The van der Waals surface area contributed by atoms with Crippen LogP contribution in [0.5, 0.6) is 5.75 Å². The average Bonchev–Trinajstić information content (AvgIpc) is 2.73. The first-order valence-electron chi connectivity index (χ1n) is 9.05. The van der Waals surface area contributed by atoms with Gasteiger partial charge in [-0.3, -0.25) is 0 Å². The van der Waals surface area contributed by atoms with Gasteiger partial charge in [-0.2, -0.15) is 13.2 Å². The Kier molecular flexibility index (Phi) is 4.18. The predicted molar refractivity (Wildman–Crippen MR) is 108 cm³/mol. The summed E-state index contributed by atoms with van der Waals surface area (Å²) in [5.74, 6) is 0.514. The fraction of sp³-hybridized carbons (Fsp3) is 0.136. The number of ether oxygens (including phenoxy) is 1. The van der Waals surface area contributed by atoms with Crippen LogP contribution >= 0.6 is 11.6 Å². The van der Waals surface area contributed by atoms with E-state index >= 15 is 0 Å². The molecule has 0 N–H and O–H groups in total. The van der Waals surface area contributed by atoms with Gasteiger partial charge in [0.15, 0.2) is 6.73 Å². The zero-order valence-electron chi connectivity index (χ0n) is 15.3. The van der Waals surface area contributed by atoms with Gasteiger partial charge in [0.1, 0.15) is 11.3 Å². The molecule has 4 aromatic rings. The van der Waals surface area contributed by atoms with E-state index in [1.165, 1.54) is 6.07 Å². The van der Waals surface area contributed by atoms with E-state index < -0.39 is 17.4 Å². The molecule has 30 heavy (non-hydrogen) atoms. The summed E-state index contributed by atoms with van der Waals surface area (Å²) < 4.78 is 50.8. The second kappa shape index (κ2) is 6.67. The van der Waals surface area contributed by atoms with Crippen LogP contribution in [0, 0.1) is 0 Å². The molecule has 0 amide bonds. The van der Waals surface area contributed by atoms with Gasteiger partial charge in [-0.25, -0.2) is 4.79 Å². The first-order chi connectivity index (χ1) is 14.3. The van der Waals surface area contributed by atoms with Crippen LogP contribution in [0.15, 0.2) is 63.8 Å². The zero-order chi connectivity index (χ0) is 21.0. The van der Waals surface area contributed by atoms with Crippen molar-refractivity contribution in [3.8, 4) is 5.75 Å². The molecule has 0 unspecified atom stereocenters. The van der Waals surface area contributed by atoms with Gasteiger partial charge in [0, 0.05) is 5.39 Å². The molecule has 0 spiro atoms. The minimum Gasteiger partial charge on any atom is -0.473 e. The first kappa shape index (κ1) is 18.8. The molecule has 3 aromatic carbocycles. The average molecular weight is 432 g/mol. The highest BCUT2D eigenvalue weighted by Gasteiger charge is 2.32. The van der Waals surface area contributed by atoms with E-state index in [4.69, 9.17) is 20.8 Å². The van der Waals surface area contributed by atoms with Crippen LogP contribution in [0.3, 0.4) is 0 Å². The Morgan fingerprint density at radius 2 is 1.73 bits per heavy atom. The summed E-state index contributed by atoms with van der Waals surface area (Å²) in [7, 11) is 0. The molecule has 0 atom stereocenters. The molecule has 2 heterocycles. The van der Waals surface area contributed by atoms with E-state index in [9.17, 15) is 18.0 Å². The molecule has 152 valence electrons. The fourth-order valence-electron chi connectivity index (χ4n) is 3.74. The third-order valence-corrected chi connectivity index (χ3v) is 5.51. The summed E-state index contributed by atoms with van der Waals surface area (Å²) in [6.45, 7) is 0.187. The Morgan fingerprint density at radius 1 is 0.967 bits per heavy atom. The summed E-state index contributed by atoms with van der Waals surface area (Å²) >= 11 is 6.19. The van der Waals surface area contributed by atoms with Gasteiger partial charge in [-0.1, -0.05) is 29.8 Å². The number of alkyl halides is 3. The molecule has 0 saturated heterocycles. The van der Waals surface area contributed by atoms with Crippen molar-refractivity contribution in [2.75, 3.05) is 11.6 Å². The number of hydrogen-bond acceptors (Lipinski definition) is 4. The molecule has 8 heteroatoms. The van der Waals surface area contributed by atoms with E-state index in [2.05, 4.69) is 0 Å². The van der Waals surface area contributed by atoms with Crippen molar-refractivity contribution >= 4 is 39.0 Å². The van der Waals surface area contributed by atoms with E-state index in [1.807, 2.05) is 18.2 Å². The van der Waals surface area contributed by atoms with Crippen LogP contribution < -0.4 is 15.3 Å². The standard InChI is InChI=1S/C22H13ClF3NO3/c23-17-7-5-12(22(24,25)26)9-18(17)27-10-16-19(29-11-27)8-6-14-13-3-1-2-4-15(13)21(28)30-20(14)16/h1-9H,10-11H2. The number of anilines is 1. The molecule has 1 aromatic heterocycles. The minimum absolute atomic E-state index is 0.0113. The van der Waals surface area contributed by atoms with Crippen molar-refractivity contribution in [3.05, 3.63) is 81.2 Å². The molecule has 1 aliphatic rings. The predicted octanol–water partition coefficient (Wildman–Crippen LogP) is 5.97. The van der Waals surface area contributed by atoms with Gasteiger partial charge >= 0.3 is 11.8 Å². The van der Waals surface area contributed by atoms with Crippen molar-refractivity contribution in [1.82, 2.24) is 0 Å². The Hall–Kier alpha value is -3.19. The maximum Gasteiger partial charge on any atom is 0.416 e. The Balaban J connectivity index is 1.66. The lowest BCUT2D eigenvalue weighted by atomic mass is 10.0. The Labute approximate surface area is 173 Å². The van der Waals surface area contributed by atoms with Crippen LogP contribution in [0.25, 0.3) is 21.7 Å². The van der Waals surface area contributed by atoms with Crippen molar-refractivity contribution in [3.63, 3.8) is 0 Å². The van der Waals surface area contributed by atoms with Crippen LogP contribution in [0.2, 0.25) is 5.02 Å². The van der Waals surface area contributed by atoms with Gasteiger partial charge in [-0.05, 0) is 41.8 Å².